The fraction of sp³-hybridized carbons (Fsp3) is 0.909. The minimum atomic E-state index is 0.0603. The molecule has 2 N–H and O–H groups in total. The van der Waals surface area contributed by atoms with Crippen molar-refractivity contribution in [3.63, 3.8) is 0 Å². The second-order valence-electron chi connectivity index (χ2n) is 4.35. The molecule has 88 valence electrons. The van der Waals surface area contributed by atoms with Crippen molar-refractivity contribution in [2.45, 2.75) is 38.6 Å². The van der Waals surface area contributed by atoms with Crippen LogP contribution >= 0.6 is 0 Å². The number of ether oxygens (including phenoxy) is 1. The van der Waals surface area contributed by atoms with Crippen LogP contribution in [-0.4, -0.2) is 37.7 Å². The average Bonchev–Trinajstić information content (AvgIpc) is 2.19. The molecular formula is C11H22N2O2. The van der Waals surface area contributed by atoms with Gasteiger partial charge in [0.15, 0.2) is 0 Å². The fourth-order valence-corrected chi connectivity index (χ4v) is 1.84. The zero-order valence-corrected chi connectivity index (χ0v) is 9.77. The van der Waals surface area contributed by atoms with Crippen molar-refractivity contribution in [2.24, 2.45) is 0 Å². The van der Waals surface area contributed by atoms with Crippen LogP contribution in [0.4, 0.5) is 0 Å². The fourth-order valence-electron chi connectivity index (χ4n) is 1.84. The summed E-state index contributed by atoms with van der Waals surface area (Å²) < 4.78 is 5.43. The first-order valence-electron chi connectivity index (χ1n) is 5.76. The summed E-state index contributed by atoms with van der Waals surface area (Å²) in [6.07, 6.45) is 2.77. The van der Waals surface area contributed by atoms with Crippen molar-refractivity contribution in [1.29, 1.82) is 0 Å². The molecule has 0 aliphatic carbocycles. The number of carbonyl (C=O) groups excluding carboxylic acids is 1. The first-order valence-corrected chi connectivity index (χ1v) is 5.76. The van der Waals surface area contributed by atoms with Gasteiger partial charge in [0, 0.05) is 31.7 Å². The molecule has 15 heavy (non-hydrogen) atoms. The second kappa shape index (κ2) is 6.08. The van der Waals surface area contributed by atoms with Crippen LogP contribution in [0.15, 0.2) is 0 Å². The molecule has 1 aliphatic heterocycles. The molecule has 1 atom stereocenters. The number of nitrogens with one attached hydrogen (secondary N) is 2. The highest BCUT2D eigenvalue weighted by atomic mass is 16.5. The third kappa shape index (κ3) is 4.62. The van der Waals surface area contributed by atoms with E-state index in [9.17, 15) is 4.79 Å². The van der Waals surface area contributed by atoms with Gasteiger partial charge in [0.2, 0.25) is 5.91 Å². The van der Waals surface area contributed by atoms with E-state index in [0.717, 1.165) is 32.6 Å². The van der Waals surface area contributed by atoms with Crippen LogP contribution < -0.4 is 10.6 Å². The van der Waals surface area contributed by atoms with Gasteiger partial charge in [-0.05, 0) is 26.7 Å². The van der Waals surface area contributed by atoms with Gasteiger partial charge >= 0.3 is 0 Å². The summed E-state index contributed by atoms with van der Waals surface area (Å²) in [5.41, 5.74) is 0.0603. The number of amides is 1. The predicted octanol–water partition coefficient (Wildman–Crippen LogP) is 0.671. The van der Waals surface area contributed by atoms with E-state index in [1.807, 2.05) is 6.92 Å². The first-order chi connectivity index (χ1) is 7.16. The lowest BCUT2D eigenvalue weighted by atomic mass is 9.95. The summed E-state index contributed by atoms with van der Waals surface area (Å²) in [5.74, 6) is 0.116. The highest BCUT2D eigenvalue weighted by molar-refractivity contribution is 5.75. The van der Waals surface area contributed by atoms with Gasteiger partial charge in [-0.3, -0.25) is 4.79 Å². The van der Waals surface area contributed by atoms with Gasteiger partial charge < -0.3 is 15.4 Å². The molecule has 1 fully saturated rings. The zero-order valence-electron chi connectivity index (χ0n) is 9.77. The summed E-state index contributed by atoms with van der Waals surface area (Å²) >= 11 is 0. The Balaban J connectivity index is 2.15. The first kappa shape index (κ1) is 12.5. The van der Waals surface area contributed by atoms with Crippen molar-refractivity contribution < 1.29 is 9.53 Å². The molecule has 1 amide bonds. The standard InChI is InChI=1S/C11H22N2O2/c1-3-12-10(14)5-7-13-11(2)6-4-8-15-9-11/h13H,3-9H2,1-2H3,(H,12,14). The maximum atomic E-state index is 11.2. The van der Waals surface area contributed by atoms with Crippen LogP contribution in [0.25, 0.3) is 0 Å². The van der Waals surface area contributed by atoms with Crippen LogP contribution in [-0.2, 0) is 9.53 Å². The van der Waals surface area contributed by atoms with E-state index in [-0.39, 0.29) is 11.4 Å². The smallest absolute Gasteiger partial charge is 0.221 e. The third-order valence-corrected chi connectivity index (χ3v) is 2.72. The second-order valence-corrected chi connectivity index (χ2v) is 4.35. The molecule has 0 aromatic carbocycles. The molecule has 0 aromatic rings. The molecule has 1 unspecified atom stereocenters. The molecule has 0 saturated carbocycles. The lowest BCUT2D eigenvalue weighted by Gasteiger charge is -2.34. The van der Waals surface area contributed by atoms with Gasteiger partial charge in [-0.1, -0.05) is 0 Å². The Bertz CT molecular complexity index is 201. The predicted molar refractivity (Wildman–Crippen MR) is 59.8 cm³/mol. The van der Waals surface area contributed by atoms with Crippen molar-refractivity contribution >= 4 is 5.91 Å². The van der Waals surface area contributed by atoms with Gasteiger partial charge in [-0.2, -0.15) is 0 Å². The van der Waals surface area contributed by atoms with Gasteiger partial charge in [0.05, 0.1) is 6.61 Å². The Hall–Kier alpha value is -0.610. The summed E-state index contributed by atoms with van der Waals surface area (Å²) in [6.45, 7) is 7.15. The Morgan fingerprint density at radius 2 is 2.33 bits per heavy atom. The van der Waals surface area contributed by atoms with Crippen molar-refractivity contribution in [3.05, 3.63) is 0 Å². The Morgan fingerprint density at radius 3 is 2.93 bits per heavy atom. The van der Waals surface area contributed by atoms with Gasteiger partial charge in [-0.25, -0.2) is 0 Å². The van der Waals surface area contributed by atoms with E-state index in [1.54, 1.807) is 0 Å². The van der Waals surface area contributed by atoms with Crippen LogP contribution in [0.5, 0.6) is 0 Å². The summed E-state index contributed by atoms with van der Waals surface area (Å²) in [7, 11) is 0. The summed E-state index contributed by atoms with van der Waals surface area (Å²) in [4.78, 5) is 11.2. The molecule has 1 heterocycles. The van der Waals surface area contributed by atoms with Crippen LogP contribution in [0, 0.1) is 0 Å². The monoisotopic (exact) mass is 214 g/mol. The molecule has 0 radical (unpaired) electrons. The average molecular weight is 214 g/mol. The topological polar surface area (TPSA) is 50.4 Å². The van der Waals surface area contributed by atoms with Crippen LogP contribution in [0.2, 0.25) is 0 Å². The van der Waals surface area contributed by atoms with E-state index < -0.39 is 0 Å². The van der Waals surface area contributed by atoms with E-state index in [4.69, 9.17) is 4.74 Å². The molecule has 1 aliphatic rings. The molecular weight excluding hydrogens is 192 g/mol. The van der Waals surface area contributed by atoms with Crippen LogP contribution in [0.1, 0.15) is 33.1 Å². The SMILES string of the molecule is CCNC(=O)CCNC1(C)CCCOC1. The highest BCUT2D eigenvalue weighted by Crippen LogP contribution is 2.17. The number of rotatable bonds is 5. The van der Waals surface area contributed by atoms with Crippen molar-refractivity contribution in [3.8, 4) is 0 Å². The minimum absolute atomic E-state index is 0.0603. The maximum absolute atomic E-state index is 11.2. The Labute approximate surface area is 91.8 Å². The zero-order chi connectivity index (χ0) is 11.1. The molecule has 4 nitrogen and oxygen atoms in total. The Morgan fingerprint density at radius 1 is 1.53 bits per heavy atom. The quantitative estimate of drug-likeness (QED) is 0.707. The van der Waals surface area contributed by atoms with Gasteiger partial charge in [-0.15, -0.1) is 0 Å². The normalized spacial score (nSPS) is 26.3. The number of carbonyl (C=O) groups is 1. The number of hydrogen-bond acceptors (Lipinski definition) is 3. The van der Waals surface area contributed by atoms with E-state index in [1.165, 1.54) is 0 Å². The maximum Gasteiger partial charge on any atom is 0.221 e. The summed E-state index contributed by atoms with van der Waals surface area (Å²) in [6, 6.07) is 0. The molecule has 0 spiro atoms. The molecule has 0 aromatic heterocycles. The van der Waals surface area contributed by atoms with Crippen molar-refractivity contribution in [1.82, 2.24) is 10.6 Å². The summed E-state index contributed by atoms with van der Waals surface area (Å²) in [5, 5.41) is 6.19. The molecule has 0 bridgehead atoms. The van der Waals surface area contributed by atoms with E-state index in [0.29, 0.717) is 13.0 Å². The largest absolute Gasteiger partial charge is 0.380 e. The lowest BCUT2D eigenvalue weighted by Crippen LogP contribution is -2.49. The molecule has 1 rings (SSSR count). The molecule has 4 heteroatoms. The number of hydrogen-bond donors (Lipinski definition) is 2. The minimum Gasteiger partial charge on any atom is -0.380 e. The highest BCUT2D eigenvalue weighted by Gasteiger charge is 2.26. The van der Waals surface area contributed by atoms with E-state index in [2.05, 4.69) is 17.6 Å². The van der Waals surface area contributed by atoms with E-state index >= 15 is 0 Å². The van der Waals surface area contributed by atoms with Gasteiger partial charge in [0.25, 0.3) is 0 Å². The van der Waals surface area contributed by atoms with Gasteiger partial charge in [0.1, 0.15) is 0 Å². The lowest BCUT2D eigenvalue weighted by molar-refractivity contribution is -0.121. The van der Waals surface area contributed by atoms with Crippen LogP contribution in [0.3, 0.4) is 0 Å². The molecule has 1 saturated heterocycles. The Kier molecular flexibility index (Phi) is 5.05. The van der Waals surface area contributed by atoms with Crippen molar-refractivity contribution in [2.75, 3.05) is 26.3 Å². The third-order valence-electron chi connectivity index (χ3n) is 2.72.